The number of hydrogen-bond donors (Lipinski definition) is 1. The van der Waals surface area contributed by atoms with E-state index in [1.54, 1.807) is 12.1 Å². The number of carbonyl (C=O) groups excluding carboxylic acids is 1. The maximum Gasteiger partial charge on any atom is 0.264 e. The van der Waals surface area contributed by atoms with Crippen LogP contribution in [0.2, 0.25) is 0 Å². The van der Waals surface area contributed by atoms with Gasteiger partial charge in [0.05, 0.1) is 22.1 Å². The molecule has 1 aliphatic rings. The average Bonchev–Trinajstić information content (AvgIpc) is 2.93. The summed E-state index contributed by atoms with van der Waals surface area (Å²) in [6.07, 6.45) is 2.64. The molecule has 1 heterocycles. The first-order chi connectivity index (χ1) is 18.6. The van der Waals surface area contributed by atoms with Gasteiger partial charge in [-0.15, -0.1) is 0 Å². The van der Waals surface area contributed by atoms with E-state index in [0.717, 1.165) is 47.8 Å². The van der Waals surface area contributed by atoms with Crippen molar-refractivity contribution in [2.45, 2.75) is 36.0 Å². The second-order valence-corrected chi connectivity index (χ2v) is 12.7. The third-order valence-electron chi connectivity index (χ3n) is 6.22. The molecule has 39 heavy (non-hydrogen) atoms. The van der Waals surface area contributed by atoms with Crippen molar-refractivity contribution in [2.75, 3.05) is 35.9 Å². The smallest absolute Gasteiger partial charge is 0.264 e. The second-order valence-electron chi connectivity index (χ2n) is 8.93. The van der Waals surface area contributed by atoms with Gasteiger partial charge in [-0.1, -0.05) is 6.42 Å². The van der Waals surface area contributed by atoms with Gasteiger partial charge in [0.1, 0.15) is 18.1 Å². The first-order valence-electron chi connectivity index (χ1n) is 12.5. The van der Waals surface area contributed by atoms with Crippen LogP contribution in [0.4, 0.5) is 15.8 Å². The molecule has 208 valence electrons. The second kappa shape index (κ2) is 12.1. The van der Waals surface area contributed by atoms with Crippen LogP contribution in [0, 0.1) is 5.82 Å². The highest BCUT2D eigenvalue weighted by Crippen LogP contribution is 2.27. The Hall–Kier alpha value is -3.48. The third kappa shape index (κ3) is 6.75. The van der Waals surface area contributed by atoms with Gasteiger partial charge in [0.2, 0.25) is 15.9 Å². The van der Waals surface area contributed by atoms with E-state index >= 15 is 0 Å². The minimum absolute atomic E-state index is 0.123. The van der Waals surface area contributed by atoms with E-state index in [-0.39, 0.29) is 15.5 Å². The zero-order chi connectivity index (χ0) is 28.0. The molecule has 1 aliphatic heterocycles. The number of nitrogens with zero attached hydrogens (tertiary/aromatic N) is 2. The molecule has 3 aromatic rings. The highest BCUT2D eigenvalue weighted by Gasteiger charge is 2.28. The molecule has 4 rings (SSSR count). The van der Waals surface area contributed by atoms with Crippen LogP contribution in [-0.4, -0.2) is 53.3 Å². The number of hydrogen-bond acceptors (Lipinski definition) is 6. The molecule has 0 bridgehead atoms. The lowest BCUT2D eigenvalue weighted by molar-refractivity contribution is -0.114. The van der Waals surface area contributed by atoms with E-state index in [9.17, 15) is 26.0 Å². The molecule has 3 aromatic carbocycles. The van der Waals surface area contributed by atoms with Gasteiger partial charge in [-0.05, 0) is 92.6 Å². The van der Waals surface area contributed by atoms with Gasteiger partial charge in [0.15, 0.2) is 0 Å². The number of sulfonamides is 2. The summed E-state index contributed by atoms with van der Waals surface area (Å²) in [7, 11) is -7.87. The van der Waals surface area contributed by atoms with Crippen molar-refractivity contribution in [3.05, 3.63) is 78.6 Å². The Morgan fingerprint density at radius 2 is 1.46 bits per heavy atom. The van der Waals surface area contributed by atoms with Gasteiger partial charge in [0, 0.05) is 18.8 Å². The van der Waals surface area contributed by atoms with E-state index in [4.69, 9.17) is 4.74 Å². The number of ether oxygens (including phenoxy) is 1. The molecule has 0 spiro atoms. The maximum atomic E-state index is 13.5. The molecule has 12 heteroatoms. The zero-order valence-corrected chi connectivity index (χ0v) is 23.0. The Morgan fingerprint density at radius 3 is 2.05 bits per heavy atom. The van der Waals surface area contributed by atoms with Crippen molar-refractivity contribution in [3.63, 3.8) is 0 Å². The van der Waals surface area contributed by atoms with Crippen LogP contribution in [0.3, 0.4) is 0 Å². The number of anilines is 2. The molecular formula is C27H30FN3O6S2. The van der Waals surface area contributed by atoms with Gasteiger partial charge in [-0.2, -0.15) is 4.31 Å². The largest absolute Gasteiger partial charge is 0.494 e. The number of halogens is 1. The summed E-state index contributed by atoms with van der Waals surface area (Å²) in [6.45, 7) is 2.62. The molecule has 1 saturated heterocycles. The van der Waals surface area contributed by atoms with E-state index < -0.39 is 38.3 Å². The van der Waals surface area contributed by atoms with E-state index in [1.165, 1.54) is 40.7 Å². The first kappa shape index (κ1) is 28.5. The van der Waals surface area contributed by atoms with Gasteiger partial charge >= 0.3 is 0 Å². The van der Waals surface area contributed by atoms with Crippen molar-refractivity contribution >= 4 is 37.3 Å². The van der Waals surface area contributed by atoms with Crippen molar-refractivity contribution in [1.82, 2.24) is 4.31 Å². The van der Waals surface area contributed by atoms with Crippen LogP contribution in [0.1, 0.15) is 26.2 Å². The summed E-state index contributed by atoms with van der Waals surface area (Å²) >= 11 is 0. The molecular weight excluding hydrogens is 545 g/mol. The lowest BCUT2D eigenvalue weighted by atomic mass is 10.2. The fourth-order valence-corrected chi connectivity index (χ4v) is 7.16. The SMILES string of the molecule is CCOc1ccc(N(CC(=O)Nc2ccc(S(=O)(=O)N3CCCCC3)cc2)S(=O)(=O)c2ccc(F)cc2)cc1. The first-order valence-corrected chi connectivity index (χ1v) is 15.4. The van der Waals surface area contributed by atoms with E-state index in [0.29, 0.717) is 31.1 Å². The minimum atomic E-state index is -4.24. The van der Waals surface area contributed by atoms with Crippen molar-refractivity contribution < 1.29 is 30.8 Å². The number of carbonyl (C=O) groups is 1. The lowest BCUT2D eigenvalue weighted by Crippen LogP contribution is -2.38. The fraction of sp³-hybridized carbons (Fsp3) is 0.296. The Kier molecular flexibility index (Phi) is 8.88. The monoisotopic (exact) mass is 575 g/mol. The molecule has 1 N–H and O–H groups in total. The maximum absolute atomic E-state index is 13.5. The third-order valence-corrected chi connectivity index (χ3v) is 9.92. The molecule has 0 unspecified atom stereocenters. The highest BCUT2D eigenvalue weighted by atomic mass is 32.2. The van der Waals surface area contributed by atoms with Crippen molar-refractivity contribution in [3.8, 4) is 5.75 Å². The summed E-state index contributed by atoms with van der Waals surface area (Å²) < 4.78 is 74.0. The number of benzene rings is 3. The summed E-state index contributed by atoms with van der Waals surface area (Å²) in [5.74, 6) is -0.712. The number of amides is 1. The zero-order valence-electron chi connectivity index (χ0n) is 21.4. The Labute approximate surface area is 228 Å². The molecule has 0 saturated carbocycles. The molecule has 0 aliphatic carbocycles. The summed E-state index contributed by atoms with van der Waals surface area (Å²) in [6, 6.07) is 16.3. The summed E-state index contributed by atoms with van der Waals surface area (Å²) in [5.41, 5.74) is 0.518. The predicted octanol–water partition coefficient (Wildman–Crippen LogP) is 4.23. The van der Waals surface area contributed by atoms with Crippen molar-refractivity contribution in [1.29, 1.82) is 0 Å². The molecule has 1 amide bonds. The minimum Gasteiger partial charge on any atom is -0.494 e. The van der Waals surface area contributed by atoms with Crippen LogP contribution in [0.5, 0.6) is 5.75 Å². The standard InChI is InChI=1S/C27H30FN3O6S2/c1-2-37-24-12-10-23(11-13-24)31(39(35,36)26-14-6-21(28)7-15-26)20-27(32)29-22-8-16-25(17-9-22)38(33,34)30-18-4-3-5-19-30/h6-17H,2-5,18-20H2,1H3,(H,29,32). The lowest BCUT2D eigenvalue weighted by Gasteiger charge is -2.26. The highest BCUT2D eigenvalue weighted by molar-refractivity contribution is 7.92. The number of nitrogens with one attached hydrogen (secondary N) is 1. The number of rotatable bonds is 10. The molecule has 0 atom stereocenters. The van der Waals surface area contributed by atoms with Crippen LogP contribution in [0.15, 0.2) is 82.6 Å². The van der Waals surface area contributed by atoms with Gasteiger partial charge in [-0.25, -0.2) is 21.2 Å². The van der Waals surface area contributed by atoms with Crippen LogP contribution in [-0.2, 0) is 24.8 Å². The normalized spacial score (nSPS) is 14.5. The van der Waals surface area contributed by atoms with E-state index in [2.05, 4.69) is 5.32 Å². The van der Waals surface area contributed by atoms with Gasteiger partial charge in [-0.3, -0.25) is 9.10 Å². The van der Waals surface area contributed by atoms with E-state index in [1.807, 2.05) is 6.92 Å². The van der Waals surface area contributed by atoms with Crippen molar-refractivity contribution in [2.24, 2.45) is 0 Å². The summed E-state index contributed by atoms with van der Waals surface area (Å²) in [4.78, 5) is 12.9. The average molecular weight is 576 g/mol. The molecule has 1 fully saturated rings. The van der Waals surface area contributed by atoms with Crippen LogP contribution in [0.25, 0.3) is 0 Å². The van der Waals surface area contributed by atoms with Crippen LogP contribution >= 0.6 is 0 Å². The molecule has 9 nitrogen and oxygen atoms in total. The van der Waals surface area contributed by atoms with Gasteiger partial charge < -0.3 is 10.1 Å². The molecule has 0 radical (unpaired) electrons. The van der Waals surface area contributed by atoms with Gasteiger partial charge in [0.25, 0.3) is 10.0 Å². The van der Waals surface area contributed by atoms with Crippen LogP contribution < -0.4 is 14.4 Å². The molecule has 0 aromatic heterocycles. The Morgan fingerprint density at radius 1 is 0.872 bits per heavy atom. The summed E-state index contributed by atoms with van der Waals surface area (Å²) in [5, 5.41) is 2.63. The predicted molar refractivity (Wildman–Crippen MR) is 146 cm³/mol. The number of piperidine rings is 1. The Bertz CT molecular complexity index is 1490. The fourth-order valence-electron chi connectivity index (χ4n) is 4.22. The quantitative estimate of drug-likeness (QED) is 0.387. The Balaban J connectivity index is 1.54. The topological polar surface area (TPSA) is 113 Å².